The van der Waals surface area contributed by atoms with Crippen molar-refractivity contribution >= 4 is 28.3 Å². The molecule has 23 heavy (non-hydrogen) atoms. The molecular formula is C17H17ClN4O. The summed E-state index contributed by atoms with van der Waals surface area (Å²) in [4.78, 5) is 9.08. The Kier molecular flexibility index (Phi) is 4.32. The molecule has 3 rings (SSSR count). The van der Waals surface area contributed by atoms with Gasteiger partial charge in [0.2, 0.25) is 0 Å². The molecule has 0 fully saturated rings. The first-order chi connectivity index (χ1) is 11.0. The average Bonchev–Trinajstić information content (AvgIpc) is 2.54. The summed E-state index contributed by atoms with van der Waals surface area (Å²) in [6.45, 7) is 2.50. The van der Waals surface area contributed by atoms with Crippen LogP contribution in [0.15, 0.2) is 42.5 Å². The van der Waals surface area contributed by atoms with Crippen molar-refractivity contribution in [2.75, 3.05) is 11.9 Å². The zero-order valence-electron chi connectivity index (χ0n) is 12.6. The molecule has 0 amide bonds. The van der Waals surface area contributed by atoms with Crippen LogP contribution in [0.4, 0.5) is 5.82 Å². The van der Waals surface area contributed by atoms with Gasteiger partial charge in [-0.1, -0.05) is 23.7 Å². The number of hydrogen-bond acceptors (Lipinski definition) is 5. The molecular weight excluding hydrogens is 312 g/mol. The highest BCUT2D eigenvalue weighted by molar-refractivity contribution is 6.30. The SMILES string of the molecule is CC(N)CNc1nc(-c2cc(Cl)ccc2O)nc2ccccc12. The molecule has 0 radical (unpaired) electrons. The number of aromatic nitrogens is 2. The molecule has 0 aliphatic carbocycles. The first-order valence-corrected chi connectivity index (χ1v) is 7.67. The number of halogens is 1. The molecule has 1 aromatic heterocycles. The first kappa shape index (κ1) is 15.5. The summed E-state index contributed by atoms with van der Waals surface area (Å²) in [7, 11) is 0. The predicted molar refractivity (Wildman–Crippen MR) is 93.8 cm³/mol. The van der Waals surface area contributed by atoms with Crippen LogP contribution in [-0.4, -0.2) is 27.7 Å². The number of fused-ring (bicyclic) bond motifs is 1. The average molecular weight is 329 g/mol. The maximum Gasteiger partial charge on any atom is 0.165 e. The van der Waals surface area contributed by atoms with Gasteiger partial charge in [-0.2, -0.15) is 0 Å². The van der Waals surface area contributed by atoms with Gasteiger partial charge in [0.05, 0.1) is 11.1 Å². The molecule has 0 aliphatic heterocycles. The third-order valence-corrected chi connectivity index (χ3v) is 3.63. The van der Waals surface area contributed by atoms with E-state index in [2.05, 4.69) is 15.3 Å². The van der Waals surface area contributed by atoms with Gasteiger partial charge in [0.15, 0.2) is 5.82 Å². The van der Waals surface area contributed by atoms with E-state index in [1.807, 2.05) is 31.2 Å². The van der Waals surface area contributed by atoms with Gasteiger partial charge in [0, 0.05) is 23.0 Å². The molecule has 1 atom stereocenters. The highest BCUT2D eigenvalue weighted by atomic mass is 35.5. The maximum atomic E-state index is 10.1. The van der Waals surface area contributed by atoms with E-state index < -0.39 is 0 Å². The molecule has 1 heterocycles. The minimum absolute atomic E-state index is 0.00764. The first-order valence-electron chi connectivity index (χ1n) is 7.29. The van der Waals surface area contributed by atoms with Gasteiger partial charge >= 0.3 is 0 Å². The fraction of sp³-hybridized carbons (Fsp3) is 0.176. The van der Waals surface area contributed by atoms with E-state index in [9.17, 15) is 5.11 Å². The molecule has 1 unspecified atom stereocenters. The second-order valence-electron chi connectivity index (χ2n) is 5.43. The standard InChI is InChI=1S/C17H17ClN4O/c1-10(19)9-20-16-12-4-2-3-5-14(12)21-17(22-16)13-8-11(18)6-7-15(13)23/h2-8,10,23H,9,19H2,1H3,(H,20,21,22). The Labute approximate surface area is 139 Å². The molecule has 5 nitrogen and oxygen atoms in total. The van der Waals surface area contributed by atoms with Crippen LogP contribution in [0.2, 0.25) is 5.02 Å². The fourth-order valence-electron chi connectivity index (χ4n) is 2.28. The lowest BCUT2D eigenvalue weighted by atomic mass is 10.1. The second kappa shape index (κ2) is 6.40. The molecule has 0 saturated heterocycles. The molecule has 0 spiro atoms. The summed E-state index contributed by atoms with van der Waals surface area (Å²) in [6.07, 6.45) is 0. The summed E-state index contributed by atoms with van der Waals surface area (Å²) in [5.41, 5.74) is 7.09. The smallest absolute Gasteiger partial charge is 0.165 e. The minimum Gasteiger partial charge on any atom is -0.507 e. The van der Waals surface area contributed by atoms with Crippen LogP contribution in [0, 0.1) is 0 Å². The third-order valence-electron chi connectivity index (χ3n) is 3.39. The Morgan fingerprint density at radius 1 is 1.22 bits per heavy atom. The lowest BCUT2D eigenvalue weighted by molar-refractivity contribution is 0.477. The van der Waals surface area contributed by atoms with Gasteiger partial charge < -0.3 is 16.2 Å². The summed E-state index contributed by atoms with van der Waals surface area (Å²) in [5, 5.41) is 14.7. The topological polar surface area (TPSA) is 84.1 Å². The van der Waals surface area contributed by atoms with Gasteiger partial charge in [0.25, 0.3) is 0 Å². The summed E-state index contributed by atoms with van der Waals surface area (Å²) >= 11 is 6.03. The van der Waals surface area contributed by atoms with Crippen LogP contribution in [-0.2, 0) is 0 Å². The Bertz CT molecular complexity index is 851. The Morgan fingerprint density at radius 3 is 2.78 bits per heavy atom. The third kappa shape index (κ3) is 3.36. The van der Waals surface area contributed by atoms with Crippen LogP contribution >= 0.6 is 11.6 Å². The maximum absolute atomic E-state index is 10.1. The van der Waals surface area contributed by atoms with Crippen LogP contribution in [0.5, 0.6) is 5.75 Å². The van der Waals surface area contributed by atoms with Crippen molar-refractivity contribution in [3.63, 3.8) is 0 Å². The van der Waals surface area contributed by atoms with Crippen LogP contribution in [0.1, 0.15) is 6.92 Å². The molecule has 0 bridgehead atoms. The predicted octanol–water partition coefficient (Wildman–Crippen LogP) is 3.41. The number of nitrogens with zero attached hydrogens (tertiary/aromatic N) is 2. The number of phenols is 1. The Hall–Kier alpha value is -2.37. The van der Waals surface area contributed by atoms with Gasteiger partial charge in [-0.3, -0.25) is 0 Å². The van der Waals surface area contributed by atoms with Crippen molar-refractivity contribution < 1.29 is 5.11 Å². The van der Waals surface area contributed by atoms with E-state index in [0.717, 1.165) is 10.9 Å². The number of para-hydroxylation sites is 1. The van der Waals surface area contributed by atoms with E-state index in [-0.39, 0.29) is 11.8 Å². The molecule has 0 saturated carbocycles. The van der Waals surface area contributed by atoms with Crippen molar-refractivity contribution in [3.05, 3.63) is 47.5 Å². The Morgan fingerprint density at radius 2 is 2.00 bits per heavy atom. The van der Waals surface area contributed by atoms with E-state index in [0.29, 0.717) is 28.8 Å². The van der Waals surface area contributed by atoms with Crippen molar-refractivity contribution in [1.82, 2.24) is 9.97 Å². The largest absolute Gasteiger partial charge is 0.507 e. The highest BCUT2D eigenvalue weighted by Gasteiger charge is 2.13. The minimum atomic E-state index is -0.00764. The van der Waals surface area contributed by atoms with Crippen LogP contribution < -0.4 is 11.1 Å². The van der Waals surface area contributed by atoms with Crippen molar-refractivity contribution in [3.8, 4) is 17.1 Å². The second-order valence-corrected chi connectivity index (χ2v) is 5.87. The van der Waals surface area contributed by atoms with Crippen LogP contribution in [0.3, 0.4) is 0 Å². The molecule has 6 heteroatoms. The number of hydrogen-bond donors (Lipinski definition) is 3. The number of phenolic OH excluding ortho intramolecular Hbond substituents is 1. The lowest BCUT2D eigenvalue weighted by Gasteiger charge is -2.13. The van der Waals surface area contributed by atoms with E-state index in [1.165, 1.54) is 6.07 Å². The summed E-state index contributed by atoms with van der Waals surface area (Å²) in [5.74, 6) is 1.18. The zero-order valence-corrected chi connectivity index (χ0v) is 13.4. The fourth-order valence-corrected chi connectivity index (χ4v) is 2.45. The van der Waals surface area contributed by atoms with Gasteiger partial charge in [-0.25, -0.2) is 9.97 Å². The Balaban J connectivity index is 2.16. The number of anilines is 1. The van der Waals surface area contributed by atoms with Crippen molar-refractivity contribution in [2.24, 2.45) is 5.73 Å². The molecule has 118 valence electrons. The van der Waals surface area contributed by atoms with Crippen molar-refractivity contribution in [2.45, 2.75) is 13.0 Å². The van der Waals surface area contributed by atoms with Crippen molar-refractivity contribution in [1.29, 1.82) is 0 Å². The van der Waals surface area contributed by atoms with E-state index in [4.69, 9.17) is 17.3 Å². The quantitative estimate of drug-likeness (QED) is 0.683. The molecule has 0 aliphatic rings. The van der Waals surface area contributed by atoms with E-state index in [1.54, 1.807) is 12.1 Å². The summed E-state index contributed by atoms with van der Waals surface area (Å²) < 4.78 is 0. The van der Waals surface area contributed by atoms with Gasteiger partial charge in [0.1, 0.15) is 11.6 Å². The normalized spacial score (nSPS) is 12.3. The number of aromatic hydroxyl groups is 1. The lowest BCUT2D eigenvalue weighted by Crippen LogP contribution is -2.25. The molecule has 3 aromatic rings. The van der Waals surface area contributed by atoms with E-state index >= 15 is 0 Å². The number of rotatable bonds is 4. The number of nitrogens with two attached hydrogens (primary N) is 1. The molecule has 4 N–H and O–H groups in total. The number of nitrogens with one attached hydrogen (secondary N) is 1. The van der Waals surface area contributed by atoms with Gasteiger partial charge in [-0.15, -0.1) is 0 Å². The highest BCUT2D eigenvalue weighted by Crippen LogP contribution is 2.32. The number of benzene rings is 2. The molecule has 2 aromatic carbocycles. The monoisotopic (exact) mass is 328 g/mol. The zero-order chi connectivity index (χ0) is 16.4. The summed E-state index contributed by atoms with van der Waals surface area (Å²) in [6, 6.07) is 12.5. The van der Waals surface area contributed by atoms with Gasteiger partial charge in [-0.05, 0) is 37.3 Å². The van der Waals surface area contributed by atoms with Crippen LogP contribution in [0.25, 0.3) is 22.3 Å².